The van der Waals surface area contributed by atoms with Crippen molar-refractivity contribution in [1.82, 2.24) is 9.97 Å². The Labute approximate surface area is 168 Å². The summed E-state index contributed by atoms with van der Waals surface area (Å²) in [4.78, 5) is 21.8. The summed E-state index contributed by atoms with van der Waals surface area (Å²) >= 11 is 1.43. The average Bonchev–Trinajstić information content (AvgIpc) is 2.73. The van der Waals surface area contributed by atoms with Crippen molar-refractivity contribution in [3.8, 4) is 11.4 Å². The second-order valence-corrected chi connectivity index (χ2v) is 7.41. The second-order valence-electron chi connectivity index (χ2n) is 6.44. The van der Waals surface area contributed by atoms with Crippen molar-refractivity contribution in [1.29, 1.82) is 0 Å². The lowest BCUT2D eigenvalue weighted by molar-refractivity contribution is -0.113. The maximum absolute atomic E-state index is 12.4. The van der Waals surface area contributed by atoms with Gasteiger partial charge in [0.2, 0.25) is 5.91 Å². The fourth-order valence-electron chi connectivity index (χ4n) is 2.89. The first-order chi connectivity index (χ1) is 13.7. The van der Waals surface area contributed by atoms with Gasteiger partial charge in [-0.25, -0.2) is 9.97 Å². The SMILES string of the molecule is Cc1ccc2nc(-c3ccccc3)nc(SCC(=O)Nc3ccccc3)c2c1. The number of fused-ring (bicyclic) bond motifs is 1. The predicted octanol–water partition coefficient (Wildman–Crippen LogP) is 5.34. The predicted molar refractivity (Wildman–Crippen MR) is 116 cm³/mol. The number of para-hydroxylation sites is 1. The van der Waals surface area contributed by atoms with Crippen LogP contribution in [-0.2, 0) is 4.79 Å². The van der Waals surface area contributed by atoms with Gasteiger partial charge in [-0.05, 0) is 31.2 Å². The topological polar surface area (TPSA) is 54.9 Å². The number of thioether (sulfide) groups is 1. The van der Waals surface area contributed by atoms with Crippen LogP contribution in [0.1, 0.15) is 5.56 Å². The maximum Gasteiger partial charge on any atom is 0.234 e. The molecule has 5 heteroatoms. The van der Waals surface area contributed by atoms with Crippen molar-refractivity contribution in [3.05, 3.63) is 84.4 Å². The fourth-order valence-corrected chi connectivity index (χ4v) is 3.70. The van der Waals surface area contributed by atoms with Gasteiger partial charge in [-0.2, -0.15) is 0 Å². The van der Waals surface area contributed by atoms with E-state index in [9.17, 15) is 4.79 Å². The molecule has 0 aliphatic carbocycles. The molecule has 1 N–H and O–H groups in total. The number of rotatable bonds is 5. The molecule has 0 atom stereocenters. The molecule has 1 aromatic heterocycles. The molecule has 0 spiro atoms. The van der Waals surface area contributed by atoms with Crippen LogP contribution in [0.3, 0.4) is 0 Å². The van der Waals surface area contributed by atoms with Crippen molar-refractivity contribution < 1.29 is 4.79 Å². The Bertz CT molecular complexity index is 1110. The number of nitrogens with zero attached hydrogens (tertiary/aromatic N) is 2. The zero-order valence-electron chi connectivity index (χ0n) is 15.4. The third-order valence-electron chi connectivity index (χ3n) is 4.25. The standard InChI is InChI=1S/C23H19N3OS/c1-16-12-13-20-19(14-16)23(26-22(25-20)17-8-4-2-5-9-17)28-15-21(27)24-18-10-6-3-7-11-18/h2-14H,15H2,1H3,(H,24,27). The van der Waals surface area contributed by atoms with E-state index in [1.54, 1.807) is 0 Å². The normalized spacial score (nSPS) is 10.8. The lowest BCUT2D eigenvalue weighted by Crippen LogP contribution is -2.14. The highest BCUT2D eigenvalue weighted by molar-refractivity contribution is 8.00. The molecule has 138 valence electrons. The molecule has 1 heterocycles. The summed E-state index contributed by atoms with van der Waals surface area (Å²) in [6, 6.07) is 25.5. The summed E-state index contributed by atoms with van der Waals surface area (Å²) in [5.74, 6) is 0.892. The van der Waals surface area contributed by atoms with Gasteiger partial charge in [-0.15, -0.1) is 0 Å². The molecule has 0 saturated heterocycles. The molecule has 28 heavy (non-hydrogen) atoms. The molecule has 3 aromatic carbocycles. The van der Waals surface area contributed by atoms with Crippen LogP contribution in [0, 0.1) is 6.92 Å². The van der Waals surface area contributed by atoms with Gasteiger partial charge >= 0.3 is 0 Å². The second kappa shape index (κ2) is 8.23. The van der Waals surface area contributed by atoms with Gasteiger partial charge in [0.15, 0.2) is 5.82 Å². The number of hydrogen-bond donors (Lipinski definition) is 1. The molecule has 0 aliphatic rings. The van der Waals surface area contributed by atoms with Crippen molar-refractivity contribution >= 4 is 34.3 Å². The average molecular weight is 385 g/mol. The first-order valence-electron chi connectivity index (χ1n) is 9.00. The molecule has 4 aromatic rings. The van der Waals surface area contributed by atoms with Gasteiger partial charge in [0.05, 0.1) is 11.3 Å². The van der Waals surface area contributed by atoms with E-state index in [0.29, 0.717) is 5.82 Å². The number of hydrogen-bond acceptors (Lipinski definition) is 4. The van der Waals surface area contributed by atoms with Crippen LogP contribution >= 0.6 is 11.8 Å². The highest BCUT2D eigenvalue weighted by Gasteiger charge is 2.12. The van der Waals surface area contributed by atoms with Crippen LogP contribution in [0.2, 0.25) is 0 Å². The largest absolute Gasteiger partial charge is 0.325 e. The van der Waals surface area contributed by atoms with Crippen LogP contribution in [-0.4, -0.2) is 21.6 Å². The number of nitrogens with one attached hydrogen (secondary N) is 1. The molecule has 4 nitrogen and oxygen atoms in total. The minimum atomic E-state index is -0.0584. The summed E-state index contributed by atoms with van der Waals surface area (Å²) in [6.07, 6.45) is 0. The summed E-state index contributed by atoms with van der Waals surface area (Å²) in [5.41, 5.74) is 3.77. The molecule has 0 unspecified atom stereocenters. The van der Waals surface area contributed by atoms with Crippen molar-refractivity contribution in [2.75, 3.05) is 11.1 Å². The van der Waals surface area contributed by atoms with Crippen molar-refractivity contribution in [2.45, 2.75) is 11.9 Å². The molecular formula is C23H19N3OS. The number of carbonyl (C=O) groups is 1. The third kappa shape index (κ3) is 4.21. The van der Waals surface area contributed by atoms with Crippen LogP contribution in [0.4, 0.5) is 5.69 Å². The molecular weight excluding hydrogens is 366 g/mol. The Morgan fingerprint density at radius 1 is 0.929 bits per heavy atom. The van der Waals surface area contributed by atoms with Crippen LogP contribution in [0.15, 0.2) is 83.9 Å². The monoisotopic (exact) mass is 385 g/mol. The van der Waals surface area contributed by atoms with E-state index in [-0.39, 0.29) is 11.7 Å². The molecule has 4 rings (SSSR count). The number of aromatic nitrogens is 2. The maximum atomic E-state index is 12.4. The zero-order valence-corrected chi connectivity index (χ0v) is 16.2. The van der Waals surface area contributed by atoms with Crippen LogP contribution in [0.5, 0.6) is 0 Å². The van der Waals surface area contributed by atoms with Gasteiger partial charge in [0.25, 0.3) is 0 Å². The number of benzene rings is 3. The van der Waals surface area contributed by atoms with Gasteiger partial charge in [0, 0.05) is 16.6 Å². The third-order valence-corrected chi connectivity index (χ3v) is 5.24. The minimum Gasteiger partial charge on any atom is -0.325 e. The van der Waals surface area contributed by atoms with Gasteiger partial charge in [-0.3, -0.25) is 4.79 Å². The lowest BCUT2D eigenvalue weighted by Gasteiger charge is -2.10. The lowest BCUT2D eigenvalue weighted by atomic mass is 10.1. The van der Waals surface area contributed by atoms with E-state index in [4.69, 9.17) is 9.97 Å². The van der Waals surface area contributed by atoms with Gasteiger partial charge in [-0.1, -0.05) is 71.9 Å². The van der Waals surface area contributed by atoms with E-state index in [1.807, 2.05) is 79.7 Å². The summed E-state index contributed by atoms with van der Waals surface area (Å²) in [7, 11) is 0. The zero-order chi connectivity index (χ0) is 19.3. The van der Waals surface area contributed by atoms with Gasteiger partial charge in [0.1, 0.15) is 5.03 Å². The number of carbonyl (C=O) groups excluding carboxylic acids is 1. The molecule has 1 amide bonds. The minimum absolute atomic E-state index is 0.0584. The van der Waals surface area contributed by atoms with Crippen LogP contribution < -0.4 is 5.32 Å². The molecule has 0 saturated carbocycles. The summed E-state index contributed by atoms with van der Waals surface area (Å²) in [6.45, 7) is 2.04. The number of amides is 1. The van der Waals surface area contributed by atoms with E-state index in [2.05, 4.69) is 11.4 Å². The quantitative estimate of drug-likeness (QED) is 0.372. The highest BCUT2D eigenvalue weighted by atomic mass is 32.2. The van der Waals surface area contributed by atoms with Crippen molar-refractivity contribution in [3.63, 3.8) is 0 Å². The Balaban J connectivity index is 1.63. The summed E-state index contributed by atoms with van der Waals surface area (Å²) in [5, 5.41) is 4.70. The fraction of sp³-hybridized carbons (Fsp3) is 0.0870. The summed E-state index contributed by atoms with van der Waals surface area (Å²) < 4.78 is 0. The number of anilines is 1. The van der Waals surface area contributed by atoms with Crippen LogP contribution in [0.25, 0.3) is 22.3 Å². The Morgan fingerprint density at radius 3 is 2.39 bits per heavy atom. The highest BCUT2D eigenvalue weighted by Crippen LogP contribution is 2.29. The van der Waals surface area contributed by atoms with E-state index in [0.717, 1.165) is 32.7 Å². The number of aryl methyl sites for hydroxylation is 1. The van der Waals surface area contributed by atoms with E-state index >= 15 is 0 Å². The first kappa shape index (κ1) is 18.2. The molecule has 0 bridgehead atoms. The molecule has 0 fully saturated rings. The Kier molecular flexibility index (Phi) is 5.35. The van der Waals surface area contributed by atoms with E-state index in [1.165, 1.54) is 11.8 Å². The van der Waals surface area contributed by atoms with Gasteiger partial charge < -0.3 is 5.32 Å². The Morgan fingerprint density at radius 2 is 1.64 bits per heavy atom. The smallest absolute Gasteiger partial charge is 0.234 e. The molecule has 0 aliphatic heterocycles. The Hall–Kier alpha value is -3.18. The first-order valence-corrected chi connectivity index (χ1v) is 9.99. The van der Waals surface area contributed by atoms with E-state index < -0.39 is 0 Å². The van der Waals surface area contributed by atoms with Crippen molar-refractivity contribution in [2.24, 2.45) is 0 Å². The molecule has 0 radical (unpaired) electrons.